The number of carbonyl (C=O) groups is 3. The van der Waals surface area contributed by atoms with Gasteiger partial charge < -0.3 is 28.6 Å². The number of benzene rings is 1. The van der Waals surface area contributed by atoms with Gasteiger partial charge in [0.05, 0.1) is 13.7 Å². The second-order valence-electron chi connectivity index (χ2n) is 6.92. The third-order valence-corrected chi connectivity index (χ3v) is 4.87. The minimum absolute atomic E-state index is 0.00421. The average molecular weight is 407 g/mol. The summed E-state index contributed by atoms with van der Waals surface area (Å²) in [5, 5.41) is 0. The van der Waals surface area contributed by atoms with Crippen LogP contribution in [0.4, 0.5) is 5.69 Å². The van der Waals surface area contributed by atoms with Crippen molar-refractivity contribution in [1.82, 2.24) is 0 Å². The Morgan fingerprint density at radius 3 is 2.28 bits per heavy atom. The fourth-order valence-electron chi connectivity index (χ4n) is 3.87. The second-order valence-corrected chi connectivity index (χ2v) is 6.92. The Bertz CT molecular complexity index is 795. The number of rotatable bonds is 5. The third-order valence-electron chi connectivity index (χ3n) is 4.87. The van der Waals surface area contributed by atoms with Gasteiger partial charge in [0.25, 0.3) is 0 Å². The highest BCUT2D eigenvalue weighted by atomic mass is 16.6. The van der Waals surface area contributed by atoms with Crippen molar-refractivity contribution in [2.75, 3.05) is 25.2 Å². The number of carbonyl (C=O) groups excluding carboxylic acids is 3. The van der Waals surface area contributed by atoms with E-state index >= 15 is 0 Å². The van der Waals surface area contributed by atoms with Gasteiger partial charge in [0.2, 0.25) is 0 Å². The lowest BCUT2D eigenvalue weighted by Gasteiger charge is -2.44. The minimum Gasteiger partial charge on any atom is -0.496 e. The molecule has 0 spiro atoms. The van der Waals surface area contributed by atoms with Crippen molar-refractivity contribution in [3.8, 4) is 5.75 Å². The van der Waals surface area contributed by atoms with Crippen molar-refractivity contribution in [3.05, 3.63) is 23.8 Å². The lowest BCUT2D eigenvalue weighted by molar-refractivity contribution is -0.225. The number of methoxy groups -OCH3 is 1. The Labute approximate surface area is 168 Å². The first-order valence-electron chi connectivity index (χ1n) is 9.37. The number of ether oxygens (including phenoxy) is 5. The van der Waals surface area contributed by atoms with Crippen LogP contribution in [-0.4, -0.2) is 62.7 Å². The number of nitrogens with zero attached hydrogens (tertiary/aromatic N) is 1. The minimum atomic E-state index is -0.992. The highest BCUT2D eigenvalue weighted by molar-refractivity contribution is 5.69. The van der Waals surface area contributed by atoms with Crippen LogP contribution in [0.1, 0.15) is 26.3 Å². The van der Waals surface area contributed by atoms with Crippen LogP contribution in [0.3, 0.4) is 0 Å². The van der Waals surface area contributed by atoms with Gasteiger partial charge in [0.15, 0.2) is 24.5 Å². The van der Waals surface area contributed by atoms with Crippen LogP contribution in [0.5, 0.6) is 5.75 Å². The van der Waals surface area contributed by atoms with E-state index in [4.69, 9.17) is 23.7 Å². The highest BCUT2D eigenvalue weighted by Gasteiger charge is 2.50. The molecule has 9 heteroatoms. The number of fused-ring (bicyclic) bond motifs is 1. The Balaban J connectivity index is 1.95. The van der Waals surface area contributed by atoms with Gasteiger partial charge in [0, 0.05) is 38.6 Å². The predicted molar refractivity (Wildman–Crippen MR) is 100 cm³/mol. The zero-order valence-electron chi connectivity index (χ0n) is 16.9. The molecule has 9 nitrogen and oxygen atoms in total. The molecule has 1 fully saturated rings. The molecule has 0 aliphatic carbocycles. The number of hydrogen-bond donors (Lipinski definition) is 0. The van der Waals surface area contributed by atoms with Crippen molar-refractivity contribution in [3.63, 3.8) is 0 Å². The molecule has 1 aromatic carbocycles. The molecule has 2 heterocycles. The Morgan fingerprint density at radius 2 is 1.66 bits per heavy atom. The molecular weight excluding hydrogens is 382 g/mol. The molecule has 2 aliphatic rings. The zero-order valence-corrected chi connectivity index (χ0v) is 16.9. The summed E-state index contributed by atoms with van der Waals surface area (Å²) in [5.74, 6) is -0.922. The quantitative estimate of drug-likeness (QED) is 0.526. The largest absolute Gasteiger partial charge is 0.496 e. The molecule has 0 N–H and O–H groups in total. The Hall–Kier alpha value is -2.81. The fraction of sp³-hybridized carbons (Fsp3) is 0.550. The molecule has 0 saturated carbocycles. The van der Waals surface area contributed by atoms with Crippen LogP contribution >= 0.6 is 0 Å². The van der Waals surface area contributed by atoms with Crippen LogP contribution in [0.15, 0.2) is 18.2 Å². The summed E-state index contributed by atoms with van der Waals surface area (Å²) in [4.78, 5) is 37.0. The maximum absolute atomic E-state index is 11.8. The molecule has 0 amide bonds. The van der Waals surface area contributed by atoms with E-state index in [0.717, 1.165) is 23.4 Å². The summed E-state index contributed by atoms with van der Waals surface area (Å²) in [6, 6.07) is 5.68. The number of esters is 3. The van der Waals surface area contributed by atoms with Crippen molar-refractivity contribution in [2.24, 2.45) is 0 Å². The van der Waals surface area contributed by atoms with Crippen LogP contribution < -0.4 is 9.64 Å². The van der Waals surface area contributed by atoms with E-state index in [1.54, 1.807) is 7.11 Å². The van der Waals surface area contributed by atoms with Gasteiger partial charge in [-0.05, 0) is 18.6 Å². The molecular formula is C20H25NO8. The first-order valence-corrected chi connectivity index (χ1v) is 9.37. The first kappa shape index (κ1) is 20.9. The summed E-state index contributed by atoms with van der Waals surface area (Å²) in [6.07, 6.45) is -2.86. The van der Waals surface area contributed by atoms with Gasteiger partial charge in [-0.15, -0.1) is 0 Å². The second kappa shape index (κ2) is 8.69. The zero-order chi connectivity index (χ0) is 21.1. The maximum atomic E-state index is 11.8. The molecule has 3 rings (SSSR count). The SMILES string of the molecule is COc1cccc2c1CCN2[C@@H]1OC[C@@H](OC(C)=O)[C@H](OC(C)=O)[C@H]1OC(C)=O. The molecule has 158 valence electrons. The van der Waals surface area contributed by atoms with Crippen LogP contribution in [0.25, 0.3) is 0 Å². The van der Waals surface area contributed by atoms with E-state index < -0.39 is 42.4 Å². The van der Waals surface area contributed by atoms with Crippen LogP contribution in [0.2, 0.25) is 0 Å². The van der Waals surface area contributed by atoms with Gasteiger partial charge in [-0.2, -0.15) is 0 Å². The highest BCUT2D eigenvalue weighted by Crippen LogP contribution is 2.39. The van der Waals surface area contributed by atoms with Gasteiger partial charge in [-0.1, -0.05) is 6.07 Å². The predicted octanol–water partition coefficient (Wildman–Crippen LogP) is 1.21. The number of anilines is 1. The topological polar surface area (TPSA) is 101 Å². The fourth-order valence-corrected chi connectivity index (χ4v) is 3.87. The average Bonchev–Trinajstić information content (AvgIpc) is 3.07. The Morgan fingerprint density at radius 1 is 1.00 bits per heavy atom. The van der Waals surface area contributed by atoms with Crippen LogP contribution in [0, 0.1) is 0 Å². The van der Waals surface area contributed by atoms with Crippen LogP contribution in [-0.2, 0) is 39.8 Å². The van der Waals surface area contributed by atoms with Crippen molar-refractivity contribution < 1.29 is 38.1 Å². The molecule has 0 radical (unpaired) electrons. The van der Waals surface area contributed by atoms with E-state index in [0.29, 0.717) is 6.54 Å². The molecule has 0 unspecified atom stereocenters. The van der Waals surface area contributed by atoms with Crippen molar-refractivity contribution in [1.29, 1.82) is 0 Å². The first-order chi connectivity index (χ1) is 13.8. The molecule has 4 atom stereocenters. The van der Waals surface area contributed by atoms with Crippen molar-refractivity contribution in [2.45, 2.75) is 51.7 Å². The molecule has 0 aromatic heterocycles. The third kappa shape index (κ3) is 4.45. The van der Waals surface area contributed by atoms with E-state index in [1.807, 2.05) is 23.1 Å². The molecule has 0 bridgehead atoms. The maximum Gasteiger partial charge on any atom is 0.303 e. The summed E-state index contributed by atoms with van der Waals surface area (Å²) < 4.78 is 27.6. The standard InChI is InChI=1S/C20H25NO8/c1-11(22)27-17-10-26-20(19(29-13(3)24)18(17)28-12(2)23)21-9-8-14-15(21)6-5-7-16(14)25-4/h5-7,17-20H,8-10H2,1-4H3/t17-,18+,19-,20-/m1/s1. The summed E-state index contributed by atoms with van der Waals surface area (Å²) >= 11 is 0. The smallest absolute Gasteiger partial charge is 0.303 e. The lowest BCUT2D eigenvalue weighted by atomic mass is 10.0. The summed E-state index contributed by atoms with van der Waals surface area (Å²) in [7, 11) is 1.61. The van der Waals surface area contributed by atoms with E-state index in [1.165, 1.54) is 20.8 Å². The van der Waals surface area contributed by atoms with Gasteiger partial charge in [-0.3, -0.25) is 14.4 Å². The Kier molecular flexibility index (Phi) is 6.26. The van der Waals surface area contributed by atoms with Crippen molar-refractivity contribution >= 4 is 23.6 Å². The molecule has 1 saturated heterocycles. The normalized spacial score (nSPS) is 25.7. The number of hydrogen-bond acceptors (Lipinski definition) is 9. The monoisotopic (exact) mass is 407 g/mol. The molecule has 1 aromatic rings. The summed E-state index contributed by atoms with van der Waals surface area (Å²) in [5.41, 5.74) is 1.91. The van der Waals surface area contributed by atoms with E-state index in [2.05, 4.69) is 0 Å². The molecule has 29 heavy (non-hydrogen) atoms. The lowest BCUT2D eigenvalue weighted by Crippen LogP contribution is -2.62. The van der Waals surface area contributed by atoms with E-state index in [9.17, 15) is 14.4 Å². The van der Waals surface area contributed by atoms with Gasteiger partial charge in [-0.25, -0.2) is 0 Å². The molecule has 2 aliphatic heterocycles. The van der Waals surface area contributed by atoms with Gasteiger partial charge >= 0.3 is 17.9 Å². The van der Waals surface area contributed by atoms with Gasteiger partial charge in [0.1, 0.15) is 5.75 Å². The summed E-state index contributed by atoms with van der Waals surface area (Å²) in [6.45, 7) is 4.36. The van der Waals surface area contributed by atoms with E-state index in [-0.39, 0.29) is 6.61 Å².